The number of fused-ring (bicyclic) bond motifs is 4. The van der Waals surface area contributed by atoms with E-state index in [-0.39, 0.29) is 78.5 Å². The Morgan fingerprint density at radius 2 is 1.23 bits per heavy atom. The maximum absolute atomic E-state index is 14.4. The van der Waals surface area contributed by atoms with Crippen molar-refractivity contribution in [2.45, 2.75) is 106 Å². The molecule has 0 amide bonds. The smallest absolute Gasteiger partial charge is 0.394 e. The summed E-state index contributed by atoms with van der Waals surface area (Å²) in [6, 6.07) is 0. The molecule has 0 aromatic carbocycles. The number of ether oxygens (including phenoxy) is 6. The zero-order valence-electron chi connectivity index (χ0n) is 49.2. The maximum Gasteiger partial charge on any atom is 0.472 e. The van der Waals surface area contributed by atoms with Crippen LogP contribution in [0.3, 0.4) is 0 Å². The third kappa shape index (κ3) is 13.3. The summed E-state index contributed by atoms with van der Waals surface area (Å²) < 4.78 is 117. The summed E-state index contributed by atoms with van der Waals surface area (Å²) in [5.74, 6) is -0.570. The molecule has 7 aromatic rings. The van der Waals surface area contributed by atoms with Crippen molar-refractivity contribution in [3.05, 3.63) is 75.5 Å². The van der Waals surface area contributed by atoms with Gasteiger partial charge in [-0.05, 0) is 18.9 Å². The number of allylic oxidation sites excluding steroid dienone is 1. The van der Waals surface area contributed by atoms with Gasteiger partial charge in [0.15, 0.2) is 40.0 Å². The molecule has 0 saturated carbocycles. The lowest BCUT2D eigenvalue weighted by Crippen LogP contribution is -2.39. The third-order valence-electron chi connectivity index (χ3n) is 16.3. The molecule has 7 unspecified atom stereocenters. The number of phosphoric acid groups is 3. The van der Waals surface area contributed by atoms with Crippen LogP contribution in [0.25, 0.3) is 39.1 Å². The number of nitrogen functional groups attached to an aromatic ring is 3. The number of aliphatic hydroxyl groups is 2. The van der Waals surface area contributed by atoms with Crippen LogP contribution in [0.5, 0.6) is 0 Å². The molecular weight excluding hydrogens is 1290 g/mol. The van der Waals surface area contributed by atoms with E-state index in [9.17, 15) is 48.2 Å². The van der Waals surface area contributed by atoms with E-state index in [1.54, 1.807) is 16.4 Å². The summed E-state index contributed by atoms with van der Waals surface area (Å²) in [5, 5.41) is 21.8. The fourth-order valence-corrected chi connectivity index (χ4v) is 15.1. The number of phosphoric ester groups is 3. The van der Waals surface area contributed by atoms with Crippen molar-refractivity contribution in [2.75, 3.05) is 84.6 Å². The summed E-state index contributed by atoms with van der Waals surface area (Å²) in [6.45, 7) is -1.56. The molecule has 4 saturated heterocycles. The van der Waals surface area contributed by atoms with E-state index in [4.69, 9.17) is 72.8 Å². The molecule has 43 heteroatoms. The Hall–Kier alpha value is -6.56. The topological polar surface area (TPSA) is 541 Å². The summed E-state index contributed by atoms with van der Waals surface area (Å²) in [5.41, 5.74) is 19.4. The Balaban J connectivity index is 0.756. The van der Waals surface area contributed by atoms with E-state index in [1.807, 2.05) is 6.08 Å². The molecule has 4 fully saturated rings. The second kappa shape index (κ2) is 26.3. The molecule has 1 aliphatic carbocycles. The number of anilines is 3. The number of aryl methyl sites for hydroxylation is 1. The molecule has 11 heterocycles. The highest BCUT2D eigenvalue weighted by molar-refractivity contribution is 7.48. The molecule has 40 nitrogen and oxygen atoms in total. The molecular formula is C49H65N18O22P3. The Morgan fingerprint density at radius 1 is 0.630 bits per heavy atom. The van der Waals surface area contributed by atoms with Crippen LogP contribution in [0, 0.1) is 12.8 Å². The predicted octanol–water partition coefficient (Wildman–Crippen LogP) is -2.15. The molecule has 17 atom stereocenters. The molecule has 5 aliphatic rings. The standard InChI is InChI=1S/C49H65N18O22P3/c1-21-60-44-33(46(70)61-21)58-19-66(44)11-27-37(79-3)39(89-92(76,77)82-14-29-35(69)36(78-2)26(84-29)10-65-18-57-32-42(51)55-17-56-43(32)65)30(85-27)15-83-90(72,73)87-25-9-64(7-22-5-6-24-31(22)53-16-54-41(24)50)8-23(25)13-81-91(74,75)88-38-28(12-68)86-48(40(38)80-4)67-20-59-34-45(67)62-49(52)63-47(34)71/h5,16-20,23,25-30,35-40,48,68-69H,6-15H2,1-4H3,(H,72,73)(H,74,75)(H,76,77)(H2,50,53,54)(H2,51,55,56)(H,60,61,70)(H3,52,62,63,71)/t23-,25?,26+,27+,28-,29-,30-,35?,36-,37-,38?,39?,40+,48-/m1/s1. The van der Waals surface area contributed by atoms with Crippen molar-refractivity contribution >= 4 is 80.1 Å². The van der Waals surface area contributed by atoms with E-state index >= 15 is 0 Å². The lowest BCUT2D eigenvalue weighted by atomic mass is 10.1. The van der Waals surface area contributed by atoms with Crippen LogP contribution >= 0.6 is 23.5 Å². The lowest BCUT2D eigenvalue weighted by Gasteiger charge is -2.27. The second-order valence-corrected chi connectivity index (χ2v) is 26.4. The molecule has 0 bridgehead atoms. The van der Waals surface area contributed by atoms with E-state index in [0.29, 0.717) is 28.8 Å². The average Bonchev–Trinajstić information content (AvgIpc) is 1.99. The summed E-state index contributed by atoms with van der Waals surface area (Å²) in [7, 11) is -12.0. The summed E-state index contributed by atoms with van der Waals surface area (Å²) in [6.07, 6.45) is -7.98. The Kier molecular flexibility index (Phi) is 18.7. The molecule has 13 N–H and O–H groups in total. The number of nitrogens with one attached hydrogen (secondary N) is 2. The van der Waals surface area contributed by atoms with Crippen molar-refractivity contribution in [3.8, 4) is 0 Å². The second-order valence-electron chi connectivity index (χ2n) is 22.1. The number of nitrogens with two attached hydrogens (primary N) is 3. The number of aromatic amines is 2. The number of imidazole rings is 3. The third-order valence-corrected chi connectivity index (χ3v) is 19.3. The van der Waals surface area contributed by atoms with Crippen LogP contribution in [-0.2, 0) is 88.8 Å². The maximum atomic E-state index is 14.4. The Morgan fingerprint density at radius 3 is 1.95 bits per heavy atom. The SMILES string of the molecule is CO[C@H]1C(O)[C@@H](COP(=O)(O)OC2[C@@H](COP(=O)(O)OC3CN(CC4=CCc5c(N)ncnc54)C[C@@H]3COP(=O)(O)OC3[C@@H](CO)O[C@@H](n4cnc5c(=O)[nH]c(N)nc54)[C@H]3OC)O[C@@H](Cn3cnc4c(=O)[nH]c(C)nc43)[C@H]2OC)O[C@H]1Cn1cnc2c(N)ncnc21. The monoisotopic (exact) mass is 1350 g/mol. The molecule has 4 aliphatic heterocycles. The van der Waals surface area contributed by atoms with Crippen molar-refractivity contribution in [1.29, 1.82) is 0 Å². The number of rotatable bonds is 26. The average molecular weight is 1350 g/mol. The highest BCUT2D eigenvalue weighted by Crippen LogP contribution is 2.53. The van der Waals surface area contributed by atoms with Gasteiger partial charge in [0.05, 0.1) is 70.3 Å². The molecule has 498 valence electrons. The first-order valence-electron chi connectivity index (χ1n) is 28.3. The highest BCUT2D eigenvalue weighted by Gasteiger charge is 2.54. The molecule has 92 heavy (non-hydrogen) atoms. The number of hydrogen-bond donors (Lipinski definition) is 10. The number of aliphatic hydroxyl groups excluding tert-OH is 2. The number of methoxy groups -OCH3 is 3. The minimum Gasteiger partial charge on any atom is -0.394 e. The van der Waals surface area contributed by atoms with Gasteiger partial charge in [-0.3, -0.25) is 51.2 Å². The van der Waals surface area contributed by atoms with E-state index < -0.39 is 146 Å². The van der Waals surface area contributed by atoms with E-state index in [2.05, 4.69) is 54.8 Å². The highest BCUT2D eigenvalue weighted by atomic mass is 31.2. The van der Waals surface area contributed by atoms with E-state index in [1.165, 1.54) is 62.1 Å². The van der Waals surface area contributed by atoms with Gasteiger partial charge < -0.3 is 84.6 Å². The van der Waals surface area contributed by atoms with Gasteiger partial charge in [0.1, 0.15) is 97.0 Å². The van der Waals surface area contributed by atoms with E-state index in [0.717, 1.165) is 5.57 Å². The minimum atomic E-state index is -5.31. The van der Waals surface area contributed by atoms with Gasteiger partial charge in [-0.2, -0.15) is 4.98 Å². The predicted molar refractivity (Wildman–Crippen MR) is 312 cm³/mol. The van der Waals surface area contributed by atoms with Crippen LogP contribution < -0.4 is 28.3 Å². The van der Waals surface area contributed by atoms with Crippen LogP contribution in [0.2, 0.25) is 0 Å². The zero-order valence-corrected chi connectivity index (χ0v) is 51.9. The minimum absolute atomic E-state index is 0.00567. The molecule has 0 radical (unpaired) electrons. The van der Waals surface area contributed by atoms with Gasteiger partial charge in [0, 0.05) is 52.4 Å². The summed E-state index contributed by atoms with van der Waals surface area (Å²) >= 11 is 0. The van der Waals surface area contributed by atoms with Crippen molar-refractivity contribution in [1.82, 2.24) is 73.4 Å². The van der Waals surface area contributed by atoms with Gasteiger partial charge in [-0.1, -0.05) is 6.08 Å². The number of aromatic nitrogens is 14. The van der Waals surface area contributed by atoms with Crippen LogP contribution in [0.4, 0.5) is 17.6 Å². The number of H-pyrrole nitrogens is 2. The number of hydrogen-bond acceptors (Lipinski definition) is 32. The molecule has 12 rings (SSSR count). The number of likely N-dealkylation sites (tertiary alicyclic amines) is 1. The van der Waals surface area contributed by atoms with Crippen molar-refractivity contribution < 1.29 is 94.2 Å². The lowest BCUT2D eigenvalue weighted by molar-refractivity contribution is -0.0583. The van der Waals surface area contributed by atoms with Gasteiger partial charge in [0.2, 0.25) is 5.95 Å². The molecule has 0 spiro atoms. The first-order valence-corrected chi connectivity index (χ1v) is 32.8. The zero-order chi connectivity index (χ0) is 65.1. The molecule has 7 aromatic heterocycles. The fraction of sp³-hybridized carbons (Fsp3) is 0.571. The fourth-order valence-electron chi connectivity index (χ4n) is 12.1. The van der Waals surface area contributed by atoms with Crippen molar-refractivity contribution in [3.63, 3.8) is 0 Å². The van der Waals surface area contributed by atoms with Crippen LogP contribution in [-0.4, -0.2) is 239 Å². The van der Waals surface area contributed by atoms with Crippen LogP contribution in [0.1, 0.15) is 23.3 Å². The van der Waals surface area contributed by atoms with Gasteiger partial charge in [-0.25, -0.2) is 53.6 Å². The quantitative estimate of drug-likeness (QED) is 0.0258. The first-order chi connectivity index (χ1) is 43.9. The summed E-state index contributed by atoms with van der Waals surface area (Å²) in [4.78, 5) is 104. The Bertz CT molecular complexity index is 4170. The number of nitrogens with zero attached hydrogens (tertiary/aromatic N) is 13. The van der Waals surface area contributed by atoms with Gasteiger partial charge in [0.25, 0.3) is 11.1 Å². The van der Waals surface area contributed by atoms with Crippen LogP contribution in [0.15, 0.2) is 47.3 Å². The Labute approximate surface area is 518 Å². The van der Waals surface area contributed by atoms with Gasteiger partial charge in [-0.15, -0.1) is 0 Å². The van der Waals surface area contributed by atoms with Gasteiger partial charge >= 0.3 is 23.5 Å². The largest absolute Gasteiger partial charge is 0.472 e. The normalized spacial score (nSPS) is 29.6. The van der Waals surface area contributed by atoms with Crippen molar-refractivity contribution in [2.24, 2.45) is 5.92 Å². The first kappa shape index (κ1) is 65.5.